The number of fused-ring (bicyclic) bond motifs is 1. The molecule has 0 bridgehead atoms. The monoisotopic (exact) mass is 378 g/mol. The van der Waals surface area contributed by atoms with E-state index in [1.807, 2.05) is 6.07 Å². The fourth-order valence-electron chi connectivity index (χ4n) is 3.88. The first-order valence-corrected chi connectivity index (χ1v) is 9.82. The van der Waals surface area contributed by atoms with E-state index in [1.165, 1.54) is 38.5 Å². The number of aliphatic hydroxyl groups excluding tert-OH is 2. The predicted octanol–water partition coefficient (Wildman–Crippen LogP) is 3.52. The van der Waals surface area contributed by atoms with E-state index in [4.69, 9.17) is 11.6 Å². The quantitative estimate of drug-likeness (QED) is 0.673. The Kier molecular flexibility index (Phi) is 6.57. The van der Waals surface area contributed by atoms with Gasteiger partial charge in [0.1, 0.15) is 0 Å². The number of amides is 1. The van der Waals surface area contributed by atoms with Gasteiger partial charge in [0.05, 0.1) is 35.4 Å². The summed E-state index contributed by atoms with van der Waals surface area (Å²) < 4.78 is 1.74. The van der Waals surface area contributed by atoms with Crippen LogP contribution in [0.5, 0.6) is 0 Å². The number of halogens is 1. The van der Waals surface area contributed by atoms with Crippen LogP contribution in [0.1, 0.15) is 54.9 Å². The molecule has 3 rings (SSSR count). The SMILES string of the molecule is O=C(NCC1CCCCCC1)c1cn(C(CO)CO)c2cccc(Cl)c12. The van der Waals surface area contributed by atoms with E-state index in [1.54, 1.807) is 22.9 Å². The lowest BCUT2D eigenvalue weighted by atomic mass is 10.0. The molecule has 0 aliphatic heterocycles. The minimum absolute atomic E-state index is 0.152. The molecule has 2 aromatic rings. The molecule has 1 heterocycles. The van der Waals surface area contributed by atoms with Gasteiger partial charge in [-0.25, -0.2) is 0 Å². The molecule has 6 heteroatoms. The molecule has 1 aromatic carbocycles. The lowest BCUT2D eigenvalue weighted by Gasteiger charge is -2.15. The zero-order chi connectivity index (χ0) is 18.5. The highest BCUT2D eigenvalue weighted by Crippen LogP contribution is 2.31. The first-order valence-electron chi connectivity index (χ1n) is 9.44. The Balaban J connectivity index is 1.85. The number of benzene rings is 1. The third-order valence-corrected chi connectivity index (χ3v) is 5.71. The van der Waals surface area contributed by atoms with Crippen molar-refractivity contribution in [2.45, 2.75) is 44.6 Å². The largest absolute Gasteiger partial charge is 0.394 e. The van der Waals surface area contributed by atoms with Crippen molar-refractivity contribution in [3.8, 4) is 0 Å². The zero-order valence-electron chi connectivity index (χ0n) is 15.0. The number of aliphatic hydroxyl groups is 2. The molecule has 1 amide bonds. The molecule has 3 N–H and O–H groups in total. The summed E-state index contributed by atoms with van der Waals surface area (Å²) in [5, 5.41) is 23.3. The highest BCUT2D eigenvalue weighted by atomic mass is 35.5. The van der Waals surface area contributed by atoms with Crippen LogP contribution in [0.2, 0.25) is 5.02 Å². The maximum Gasteiger partial charge on any atom is 0.253 e. The van der Waals surface area contributed by atoms with Crippen molar-refractivity contribution < 1.29 is 15.0 Å². The molecular formula is C20H27ClN2O3. The van der Waals surface area contributed by atoms with Crippen LogP contribution < -0.4 is 5.32 Å². The first-order chi connectivity index (χ1) is 12.7. The number of nitrogens with zero attached hydrogens (tertiary/aromatic N) is 1. The Morgan fingerprint density at radius 2 is 1.88 bits per heavy atom. The van der Waals surface area contributed by atoms with Crippen LogP contribution >= 0.6 is 11.6 Å². The molecule has 26 heavy (non-hydrogen) atoms. The van der Waals surface area contributed by atoms with Crippen molar-refractivity contribution in [2.24, 2.45) is 5.92 Å². The van der Waals surface area contributed by atoms with Gasteiger partial charge in [-0.3, -0.25) is 4.79 Å². The Morgan fingerprint density at radius 1 is 1.19 bits per heavy atom. The summed E-state index contributed by atoms with van der Waals surface area (Å²) in [5.41, 5.74) is 1.23. The molecule has 0 radical (unpaired) electrons. The second-order valence-corrected chi connectivity index (χ2v) is 7.58. The molecule has 0 spiro atoms. The number of hydrogen-bond acceptors (Lipinski definition) is 3. The van der Waals surface area contributed by atoms with Gasteiger partial charge in [-0.15, -0.1) is 0 Å². The van der Waals surface area contributed by atoms with Crippen LogP contribution in [0.3, 0.4) is 0 Å². The molecule has 1 saturated carbocycles. The third kappa shape index (κ3) is 4.05. The normalized spacial score (nSPS) is 16.2. The number of hydrogen-bond donors (Lipinski definition) is 3. The molecule has 1 aromatic heterocycles. The van der Waals surface area contributed by atoms with Gasteiger partial charge in [0.25, 0.3) is 5.91 Å². The Hall–Kier alpha value is -1.56. The molecule has 1 aliphatic carbocycles. The van der Waals surface area contributed by atoms with E-state index in [2.05, 4.69) is 5.32 Å². The van der Waals surface area contributed by atoms with E-state index in [0.29, 0.717) is 28.4 Å². The highest BCUT2D eigenvalue weighted by Gasteiger charge is 2.22. The lowest BCUT2D eigenvalue weighted by molar-refractivity contribution is 0.0946. The standard InChI is InChI=1S/C20H27ClN2O3/c21-17-8-5-9-18-19(17)16(11-23(18)15(12-24)13-25)20(26)22-10-14-6-3-1-2-4-7-14/h5,8-9,11,14-15,24-25H,1-4,6-7,10,12-13H2,(H,22,26). The molecule has 0 saturated heterocycles. The molecule has 0 atom stereocenters. The topological polar surface area (TPSA) is 74.5 Å². The second-order valence-electron chi connectivity index (χ2n) is 7.17. The summed E-state index contributed by atoms with van der Waals surface area (Å²) in [6.07, 6.45) is 9.07. The van der Waals surface area contributed by atoms with Crippen LogP contribution in [-0.4, -0.2) is 40.4 Å². The van der Waals surface area contributed by atoms with Crippen LogP contribution in [0, 0.1) is 5.92 Å². The van der Waals surface area contributed by atoms with Crippen LogP contribution in [0.4, 0.5) is 0 Å². The van der Waals surface area contributed by atoms with Gasteiger partial charge < -0.3 is 20.1 Å². The highest BCUT2D eigenvalue weighted by molar-refractivity contribution is 6.36. The fraction of sp³-hybridized carbons (Fsp3) is 0.550. The number of aromatic nitrogens is 1. The van der Waals surface area contributed by atoms with Crippen molar-refractivity contribution in [1.29, 1.82) is 0 Å². The number of carbonyl (C=O) groups is 1. The van der Waals surface area contributed by atoms with Gasteiger partial charge in [0, 0.05) is 18.1 Å². The van der Waals surface area contributed by atoms with Gasteiger partial charge in [-0.2, -0.15) is 0 Å². The molecule has 1 aliphatic rings. The fourth-order valence-corrected chi connectivity index (χ4v) is 4.15. The Morgan fingerprint density at radius 3 is 2.54 bits per heavy atom. The maximum atomic E-state index is 12.8. The number of nitrogens with one attached hydrogen (secondary N) is 1. The Labute approximate surface area is 159 Å². The summed E-state index contributed by atoms with van der Waals surface area (Å²) in [4.78, 5) is 12.8. The molecule has 142 valence electrons. The summed E-state index contributed by atoms with van der Waals surface area (Å²) >= 11 is 6.36. The Bertz CT molecular complexity index is 747. The van der Waals surface area contributed by atoms with E-state index < -0.39 is 6.04 Å². The van der Waals surface area contributed by atoms with Crippen molar-refractivity contribution in [2.75, 3.05) is 19.8 Å². The summed E-state index contributed by atoms with van der Waals surface area (Å²) in [7, 11) is 0. The van der Waals surface area contributed by atoms with Crippen molar-refractivity contribution in [1.82, 2.24) is 9.88 Å². The second kappa shape index (κ2) is 8.89. The van der Waals surface area contributed by atoms with E-state index in [9.17, 15) is 15.0 Å². The molecule has 0 unspecified atom stereocenters. The lowest BCUT2D eigenvalue weighted by Crippen LogP contribution is -2.29. The van der Waals surface area contributed by atoms with Crippen molar-refractivity contribution in [3.63, 3.8) is 0 Å². The minimum Gasteiger partial charge on any atom is -0.394 e. The van der Waals surface area contributed by atoms with E-state index in [0.717, 1.165) is 5.52 Å². The van der Waals surface area contributed by atoms with Gasteiger partial charge in [0.15, 0.2) is 0 Å². The maximum absolute atomic E-state index is 12.8. The average molecular weight is 379 g/mol. The van der Waals surface area contributed by atoms with Gasteiger partial charge in [-0.1, -0.05) is 43.4 Å². The summed E-state index contributed by atoms with van der Waals surface area (Å²) in [6, 6.07) is 4.91. The van der Waals surface area contributed by atoms with Crippen LogP contribution in [0.15, 0.2) is 24.4 Å². The van der Waals surface area contributed by atoms with Gasteiger partial charge in [-0.05, 0) is 30.9 Å². The zero-order valence-corrected chi connectivity index (χ0v) is 15.7. The van der Waals surface area contributed by atoms with E-state index >= 15 is 0 Å². The smallest absolute Gasteiger partial charge is 0.253 e. The molecule has 5 nitrogen and oxygen atoms in total. The molecular weight excluding hydrogens is 352 g/mol. The number of carbonyl (C=O) groups excluding carboxylic acids is 1. The minimum atomic E-state index is -0.501. The van der Waals surface area contributed by atoms with Crippen LogP contribution in [-0.2, 0) is 0 Å². The van der Waals surface area contributed by atoms with Crippen LogP contribution in [0.25, 0.3) is 10.9 Å². The average Bonchev–Trinajstić information content (AvgIpc) is 2.85. The third-order valence-electron chi connectivity index (χ3n) is 5.39. The number of rotatable bonds is 6. The van der Waals surface area contributed by atoms with E-state index in [-0.39, 0.29) is 19.1 Å². The predicted molar refractivity (Wildman–Crippen MR) is 104 cm³/mol. The summed E-state index contributed by atoms with van der Waals surface area (Å²) in [5.74, 6) is 0.383. The van der Waals surface area contributed by atoms with Gasteiger partial charge in [0.2, 0.25) is 0 Å². The van der Waals surface area contributed by atoms with Crippen molar-refractivity contribution in [3.05, 3.63) is 35.0 Å². The molecule has 1 fully saturated rings. The summed E-state index contributed by atoms with van der Waals surface area (Å²) in [6.45, 7) is 0.255. The van der Waals surface area contributed by atoms with Gasteiger partial charge >= 0.3 is 0 Å². The first kappa shape index (κ1) is 19.2. The van der Waals surface area contributed by atoms with Crippen molar-refractivity contribution >= 4 is 28.4 Å².